The SMILES string of the molecule is CCCc1ccc2c(c1)C(CCC)NCC2C. The van der Waals surface area contributed by atoms with Crippen LogP contribution in [0.25, 0.3) is 0 Å². The van der Waals surface area contributed by atoms with E-state index in [-0.39, 0.29) is 0 Å². The van der Waals surface area contributed by atoms with Crippen LogP contribution in [0.15, 0.2) is 18.2 Å². The minimum absolute atomic E-state index is 0.586. The molecule has 2 rings (SSSR count). The second-order valence-corrected chi connectivity index (χ2v) is 5.36. The molecular weight excluding hydrogens is 206 g/mol. The van der Waals surface area contributed by atoms with E-state index in [4.69, 9.17) is 0 Å². The second-order valence-electron chi connectivity index (χ2n) is 5.36. The molecule has 1 heterocycles. The molecule has 1 aromatic carbocycles. The Balaban J connectivity index is 2.31. The van der Waals surface area contributed by atoms with Gasteiger partial charge >= 0.3 is 0 Å². The maximum Gasteiger partial charge on any atom is 0.0323 e. The highest BCUT2D eigenvalue weighted by molar-refractivity contribution is 5.38. The molecule has 1 aromatic rings. The molecule has 0 aromatic heterocycles. The van der Waals surface area contributed by atoms with Gasteiger partial charge in [0, 0.05) is 12.6 Å². The number of fused-ring (bicyclic) bond motifs is 1. The van der Waals surface area contributed by atoms with Gasteiger partial charge in [-0.2, -0.15) is 0 Å². The summed E-state index contributed by atoms with van der Waals surface area (Å²) in [6.07, 6.45) is 4.96. The van der Waals surface area contributed by atoms with Crippen LogP contribution >= 0.6 is 0 Å². The number of aryl methyl sites for hydroxylation is 1. The van der Waals surface area contributed by atoms with Crippen molar-refractivity contribution < 1.29 is 0 Å². The van der Waals surface area contributed by atoms with Gasteiger partial charge in [0.1, 0.15) is 0 Å². The van der Waals surface area contributed by atoms with Gasteiger partial charge in [-0.15, -0.1) is 0 Å². The molecule has 94 valence electrons. The molecule has 0 amide bonds. The van der Waals surface area contributed by atoms with Crippen LogP contribution in [0.5, 0.6) is 0 Å². The molecule has 0 fully saturated rings. The number of hydrogen-bond acceptors (Lipinski definition) is 1. The molecular formula is C16H25N. The molecule has 1 aliphatic heterocycles. The van der Waals surface area contributed by atoms with Crippen LogP contribution in [-0.2, 0) is 6.42 Å². The van der Waals surface area contributed by atoms with E-state index in [1.165, 1.54) is 31.2 Å². The lowest BCUT2D eigenvalue weighted by molar-refractivity contribution is 0.440. The van der Waals surface area contributed by atoms with Crippen molar-refractivity contribution in [2.45, 2.75) is 58.4 Å². The van der Waals surface area contributed by atoms with Crippen molar-refractivity contribution in [2.24, 2.45) is 0 Å². The van der Waals surface area contributed by atoms with Gasteiger partial charge in [-0.05, 0) is 35.4 Å². The number of benzene rings is 1. The first-order chi connectivity index (χ1) is 8.26. The summed E-state index contributed by atoms with van der Waals surface area (Å²) in [7, 11) is 0. The van der Waals surface area contributed by atoms with Gasteiger partial charge in [-0.25, -0.2) is 0 Å². The van der Waals surface area contributed by atoms with Crippen LogP contribution < -0.4 is 5.32 Å². The first-order valence-corrected chi connectivity index (χ1v) is 7.12. The molecule has 2 unspecified atom stereocenters. The standard InChI is InChI=1S/C16H25N/c1-4-6-13-8-9-14-12(3)11-17-16(7-5-2)15(14)10-13/h8-10,12,16-17H,4-7,11H2,1-3H3. The fourth-order valence-electron chi connectivity index (χ4n) is 2.90. The third-order valence-electron chi connectivity index (χ3n) is 3.84. The molecule has 0 aliphatic carbocycles. The van der Waals surface area contributed by atoms with Gasteiger partial charge in [0.25, 0.3) is 0 Å². The molecule has 0 saturated carbocycles. The maximum absolute atomic E-state index is 3.70. The van der Waals surface area contributed by atoms with E-state index < -0.39 is 0 Å². The van der Waals surface area contributed by atoms with Crippen molar-refractivity contribution in [3.63, 3.8) is 0 Å². The van der Waals surface area contributed by atoms with Crippen LogP contribution in [0.2, 0.25) is 0 Å². The number of rotatable bonds is 4. The molecule has 1 heteroatoms. The quantitative estimate of drug-likeness (QED) is 0.819. The number of nitrogens with one attached hydrogen (secondary N) is 1. The lowest BCUT2D eigenvalue weighted by Gasteiger charge is -2.31. The van der Waals surface area contributed by atoms with E-state index in [0.717, 1.165) is 6.54 Å². The van der Waals surface area contributed by atoms with Gasteiger partial charge in [-0.1, -0.05) is 51.8 Å². The predicted octanol–water partition coefficient (Wildman–Crippen LogP) is 4.19. The fraction of sp³-hybridized carbons (Fsp3) is 0.625. The smallest absolute Gasteiger partial charge is 0.0323 e. The minimum atomic E-state index is 0.586. The normalized spacial score (nSPS) is 23.5. The van der Waals surface area contributed by atoms with Gasteiger partial charge in [-0.3, -0.25) is 0 Å². The van der Waals surface area contributed by atoms with Crippen LogP contribution in [0.1, 0.15) is 68.7 Å². The van der Waals surface area contributed by atoms with Gasteiger partial charge in [0.2, 0.25) is 0 Å². The lowest BCUT2D eigenvalue weighted by Crippen LogP contribution is -2.32. The summed E-state index contributed by atoms with van der Waals surface area (Å²) >= 11 is 0. The van der Waals surface area contributed by atoms with E-state index in [2.05, 4.69) is 44.3 Å². The van der Waals surface area contributed by atoms with E-state index in [9.17, 15) is 0 Å². The van der Waals surface area contributed by atoms with Crippen LogP contribution in [0.3, 0.4) is 0 Å². The summed E-state index contributed by atoms with van der Waals surface area (Å²) in [5.41, 5.74) is 4.64. The molecule has 0 bridgehead atoms. The van der Waals surface area contributed by atoms with Crippen LogP contribution in [0, 0.1) is 0 Å². The summed E-state index contributed by atoms with van der Waals surface area (Å²) in [5.74, 6) is 0.661. The van der Waals surface area contributed by atoms with Gasteiger partial charge in [0.15, 0.2) is 0 Å². The van der Waals surface area contributed by atoms with E-state index in [1.807, 2.05) is 0 Å². The molecule has 2 atom stereocenters. The van der Waals surface area contributed by atoms with Crippen molar-refractivity contribution >= 4 is 0 Å². The van der Waals surface area contributed by atoms with Crippen LogP contribution in [-0.4, -0.2) is 6.54 Å². The molecule has 1 nitrogen and oxygen atoms in total. The summed E-state index contributed by atoms with van der Waals surface area (Å²) < 4.78 is 0. The van der Waals surface area contributed by atoms with Gasteiger partial charge < -0.3 is 5.32 Å². The van der Waals surface area contributed by atoms with E-state index in [0.29, 0.717) is 12.0 Å². The zero-order valence-electron chi connectivity index (χ0n) is 11.4. The molecule has 17 heavy (non-hydrogen) atoms. The predicted molar refractivity (Wildman–Crippen MR) is 74.5 cm³/mol. The Morgan fingerprint density at radius 3 is 2.71 bits per heavy atom. The Labute approximate surface area is 106 Å². The highest BCUT2D eigenvalue weighted by Crippen LogP contribution is 2.33. The van der Waals surface area contributed by atoms with E-state index in [1.54, 1.807) is 11.1 Å². The van der Waals surface area contributed by atoms with Crippen molar-refractivity contribution in [1.82, 2.24) is 5.32 Å². The first kappa shape index (κ1) is 12.6. The lowest BCUT2D eigenvalue weighted by atomic mass is 9.84. The van der Waals surface area contributed by atoms with Gasteiger partial charge in [0.05, 0.1) is 0 Å². The summed E-state index contributed by atoms with van der Waals surface area (Å²) in [5, 5.41) is 3.70. The van der Waals surface area contributed by atoms with Crippen molar-refractivity contribution in [3.8, 4) is 0 Å². The molecule has 1 N–H and O–H groups in total. The molecule has 0 radical (unpaired) electrons. The number of hydrogen-bond donors (Lipinski definition) is 1. The van der Waals surface area contributed by atoms with Crippen LogP contribution in [0.4, 0.5) is 0 Å². The third-order valence-corrected chi connectivity index (χ3v) is 3.84. The minimum Gasteiger partial charge on any atom is -0.309 e. The Kier molecular flexibility index (Phi) is 4.22. The van der Waals surface area contributed by atoms with Crippen molar-refractivity contribution in [1.29, 1.82) is 0 Å². The third kappa shape index (κ3) is 2.71. The Bertz CT molecular complexity index is 370. The second kappa shape index (κ2) is 5.68. The Hall–Kier alpha value is -0.820. The molecule has 0 spiro atoms. The topological polar surface area (TPSA) is 12.0 Å². The summed E-state index contributed by atoms with van der Waals surface area (Å²) in [6.45, 7) is 7.98. The highest BCUT2D eigenvalue weighted by atomic mass is 14.9. The zero-order valence-corrected chi connectivity index (χ0v) is 11.4. The van der Waals surface area contributed by atoms with Crippen molar-refractivity contribution in [3.05, 3.63) is 34.9 Å². The highest BCUT2D eigenvalue weighted by Gasteiger charge is 2.23. The largest absolute Gasteiger partial charge is 0.309 e. The Morgan fingerprint density at radius 1 is 1.18 bits per heavy atom. The average molecular weight is 231 g/mol. The molecule has 0 saturated heterocycles. The maximum atomic E-state index is 3.70. The Morgan fingerprint density at radius 2 is 2.00 bits per heavy atom. The first-order valence-electron chi connectivity index (χ1n) is 7.12. The summed E-state index contributed by atoms with van der Waals surface area (Å²) in [6, 6.07) is 7.73. The monoisotopic (exact) mass is 231 g/mol. The van der Waals surface area contributed by atoms with Crippen molar-refractivity contribution in [2.75, 3.05) is 6.54 Å². The molecule has 1 aliphatic rings. The summed E-state index contributed by atoms with van der Waals surface area (Å²) in [4.78, 5) is 0. The fourth-order valence-corrected chi connectivity index (χ4v) is 2.90. The van der Waals surface area contributed by atoms with E-state index >= 15 is 0 Å². The zero-order chi connectivity index (χ0) is 12.3. The average Bonchev–Trinajstić information content (AvgIpc) is 2.33.